The molecule has 0 fully saturated rings. The average molecular weight is 687 g/mol. The van der Waals surface area contributed by atoms with E-state index in [0.29, 0.717) is 0 Å². The summed E-state index contributed by atoms with van der Waals surface area (Å²) in [5.41, 5.74) is 17.4. The topological polar surface area (TPSA) is 17.8 Å². The minimum absolute atomic E-state index is 0.156. The van der Waals surface area contributed by atoms with Crippen LogP contribution in [0.1, 0.15) is 25.0 Å². The maximum Gasteiger partial charge on any atom is 0.146 e. The first-order chi connectivity index (χ1) is 26.6. The van der Waals surface area contributed by atoms with Crippen LogP contribution >= 0.6 is 0 Å². The van der Waals surface area contributed by atoms with Gasteiger partial charge in [0.1, 0.15) is 5.82 Å². The second-order valence-corrected chi connectivity index (χ2v) is 15.4. The Morgan fingerprint density at radius 2 is 1.00 bits per heavy atom. The number of hydrogen-bond donors (Lipinski definition) is 0. The average Bonchev–Trinajstić information content (AvgIpc) is 3.84. The number of benzene rings is 9. The largest absolute Gasteiger partial charge is 0.292 e. The highest BCUT2D eigenvalue weighted by Gasteiger charge is 2.37. The lowest BCUT2D eigenvalue weighted by Gasteiger charge is -2.24. The molecule has 0 radical (unpaired) electrons. The van der Waals surface area contributed by atoms with E-state index in [1.807, 2.05) is 0 Å². The van der Waals surface area contributed by atoms with Crippen LogP contribution in [-0.4, -0.2) is 9.55 Å². The zero-order valence-electron chi connectivity index (χ0n) is 30.1. The van der Waals surface area contributed by atoms with Crippen LogP contribution in [0.15, 0.2) is 170 Å². The highest BCUT2D eigenvalue weighted by atomic mass is 15.1. The van der Waals surface area contributed by atoms with Crippen molar-refractivity contribution in [3.05, 3.63) is 181 Å². The van der Waals surface area contributed by atoms with Crippen molar-refractivity contribution >= 4 is 43.4 Å². The van der Waals surface area contributed by atoms with E-state index >= 15 is 0 Å². The minimum atomic E-state index is -0.156. The number of imidazole rings is 1. The molecule has 2 nitrogen and oxygen atoms in total. The Bertz CT molecular complexity index is 3210. The summed E-state index contributed by atoms with van der Waals surface area (Å²) in [6.45, 7) is 4.76. The zero-order chi connectivity index (χ0) is 35.7. The molecule has 252 valence electrons. The third kappa shape index (κ3) is 3.82. The maximum absolute atomic E-state index is 5.50. The summed E-state index contributed by atoms with van der Waals surface area (Å²) < 4.78 is 2.36. The first-order valence-corrected chi connectivity index (χ1v) is 18.9. The molecule has 2 heteroatoms. The van der Waals surface area contributed by atoms with Crippen molar-refractivity contribution in [2.45, 2.75) is 19.3 Å². The lowest BCUT2D eigenvalue weighted by molar-refractivity contribution is 0.661. The summed E-state index contributed by atoms with van der Waals surface area (Å²) in [7, 11) is 0. The summed E-state index contributed by atoms with van der Waals surface area (Å²) in [6.07, 6.45) is 0. The molecule has 1 aromatic heterocycles. The van der Waals surface area contributed by atoms with Gasteiger partial charge in [0, 0.05) is 16.7 Å². The molecule has 54 heavy (non-hydrogen) atoms. The maximum atomic E-state index is 5.50. The van der Waals surface area contributed by atoms with Gasteiger partial charge in [-0.2, -0.15) is 0 Å². The predicted molar refractivity (Wildman–Crippen MR) is 226 cm³/mol. The van der Waals surface area contributed by atoms with E-state index < -0.39 is 0 Å². The molecule has 0 atom stereocenters. The van der Waals surface area contributed by atoms with Gasteiger partial charge in [0.25, 0.3) is 0 Å². The van der Waals surface area contributed by atoms with Crippen molar-refractivity contribution in [1.29, 1.82) is 0 Å². The molecule has 0 saturated carbocycles. The highest BCUT2D eigenvalue weighted by Crippen LogP contribution is 2.55. The van der Waals surface area contributed by atoms with E-state index in [1.165, 1.54) is 88.0 Å². The summed E-state index contributed by atoms with van der Waals surface area (Å²) >= 11 is 0. The van der Waals surface area contributed by atoms with E-state index in [9.17, 15) is 0 Å². The fraction of sp³-hybridized carbons (Fsp3) is 0.0577. The molecular formula is C52H34N2. The smallest absolute Gasteiger partial charge is 0.146 e. The SMILES string of the molecule is CC1(C)c2ccccc2-c2cc3c(-c4ccc5c6c(cccc46)-c4ccccc4-5)c4ccccc4c(-c4nc5ccccc5n4-c4ccccc4)c3cc21. The second-order valence-electron chi connectivity index (χ2n) is 15.4. The number of hydrogen-bond acceptors (Lipinski definition) is 1. The van der Waals surface area contributed by atoms with E-state index in [2.05, 4.69) is 188 Å². The Morgan fingerprint density at radius 1 is 0.407 bits per heavy atom. The summed E-state index contributed by atoms with van der Waals surface area (Å²) in [6, 6.07) is 62.8. The molecule has 0 N–H and O–H groups in total. The molecule has 0 spiro atoms. The van der Waals surface area contributed by atoms with Crippen LogP contribution in [0.3, 0.4) is 0 Å². The van der Waals surface area contributed by atoms with Crippen molar-refractivity contribution in [2.75, 3.05) is 0 Å². The number of para-hydroxylation sites is 3. The monoisotopic (exact) mass is 686 g/mol. The number of aromatic nitrogens is 2. The molecular weight excluding hydrogens is 653 g/mol. The Labute approximate surface area is 313 Å². The Balaban J connectivity index is 1.28. The molecule has 12 rings (SSSR count). The second kappa shape index (κ2) is 10.7. The van der Waals surface area contributed by atoms with Crippen molar-refractivity contribution in [3.63, 3.8) is 0 Å². The van der Waals surface area contributed by atoms with E-state index in [-0.39, 0.29) is 5.41 Å². The van der Waals surface area contributed by atoms with Crippen LogP contribution in [0.5, 0.6) is 0 Å². The molecule has 10 aromatic rings. The van der Waals surface area contributed by atoms with Crippen molar-refractivity contribution < 1.29 is 0 Å². The Kier molecular flexibility index (Phi) is 5.87. The third-order valence-corrected chi connectivity index (χ3v) is 12.3. The van der Waals surface area contributed by atoms with E-state index in [4.69, 9.17) is 4.98 Å². The van der Waals surface area contributed by atoms with E-state index in [0.717, 1.165) is 28.1 Å². The van der Waals surface area contributed by atoms with E-state index in [1.54, 1.807) is 0 Å². The fourth-order valence-electron chi connectivity index (χ4n) is 9.96. The number of rotatable bonds is 3. The zero-order valence-corrected chi connectivity index (χ0v) is 30.1. The molecule has 0 amide bonds. The van der Waals surface area contributed by atoms with Crippen LogP contribution in [-0.2, 0) is 5.41 Å². The quantitative estimate of drug-likeness (QED) is 0.169. The lowest BCUT2D eigenvalue weighted by atomic mass is 9.80. The number of fused-ring (bicyclic) bond motifs is 9. The van der Waals surface area contributed by atoms with Gasteiger partial charge in [-0.3, -0.25) is 4.57 Å². The summed E-state index contributed by atoms with van der Waals surface area (Å²) in [4.78, 5) is 5.50. The van der Waals surface area contributed by atoms with Crippen molar-refractivity contribution in [1.82, 2.24) is 9.55 Å². The summed E-state index contributed by atoms with van der Waals surface area (Å²) in [5.74, 6) is 0.958. The fourth-order valence-corrected chi connectivity index (χ4v) is 9.96. The van der Waals surface area contributed by atoms with Gasteiger partial charge in [0.2, 0.25) is 0 Å². The molecule has 2 aliphatic carbocycles. The van der Waals surface area contributed by atoms with Gasteiger partial charge in [-0.05, 0) is 124 Å². The van der Waals surface area contributed by atoms with Gasteiger partial charge >= 0.3 is 0 Å². The van der Waals surface area contributed by atoms with Crippen molar-refractivity contribution in [3.8, 4) is 61.6 Å². The first-order valence-electron chi connectivity index (χ1n) is 18.9. The van der Waals surface area contributed by atoms with Gasteiger partial charge in [0.05, 0.1) is 11.0 Å². The highest BCUT2D eigenvalue weighted by molar-refractivity contribution is 6.27. The van der Waals surface area contributed by atoms with Crippen LogP contribution in [0.2, 0.25) is 0 Å². The number of nitrogens with zero attached hydrogens (tertiary/aromatic N) is 2. The molecule has 0 unspecified atom stereocenters. The normalized spacial score (nSPS) is 13.5. The van der Waals surface area contributed by atoms with Crippen LogP contribution in [0, 0.1) is 0 Å². The Morgan fingerprint density at radius 3 is 1.81 bits per heavy atom. The molecule has 0 saturated heterocycles. The minimum Gasteiger partial charge on any atom is -0.292 e. The molecule has 0 bridgehead atoms. The molecule has 9 aromatic carbocycles. The third-order valence-electron chi connectivity index (χ3n) is 12.3. The van der Waals surface area contributed by atoms with Gasteiger partial charge in [-0.1, -0.05) is 147 Å². The van der Waals surface area contributed by atoms with Gasteiger partial charge in [0.15, 0.2) is 0 Å². The molecule has 2 aliphatic rings. The van der Waals surface area contributed by atoms with Gasteiger partial charge < -0.3 is 0 Å². The summed E-state index contributed by atoms with van der Waals surface area (Å²) in [5, 5.41) is 7.54. The molecule has 0 aliphatic heterocycles. The van der Waals surface area contributed by atoms with Crippen molar-refractivity contribution in [2.24, 2.45) is 0 Å². The van der Waals surface area contributed by atoms with Gasteiger partial charge in [-0.25, -0.2) is 4.98 Å². The first kappa shape index (κ1) is 29.8. The Hall–Kier alpha value is -6.77. The van der Waals surface area contributed by atoms with Crippen LogP contribution in [0.25, 0.3) is 105 Å². The van der Waals surface area contributed by atoms with Gasteiger partial charge in [-0.15, -0.1) is 0 Å². The van der Waals surface area contributed by atoms with Crippen LogP contribution < -0.4 is 0 Å². The standard InChI is InChI=1S/C52H34N2/c1-52(2)44-24-11-10-19-34(44)41-29-42-43(30-45(41)52)50(51-53-46-25-12-13-26-47(46)54(51)31-15-4-3-5-16-31)38-21-9-8-20-36(38)49(42)40-28-27-39-33-18-7-6-17-32(33)35-22-14-23-37(40)48(35)39/h3-30H,1-2H3. The lowest BCUT2D eigenvalue weighted by Crippen LogP contribution is -2.15. The molecule has 1 heterocycles. The van der Waals surface area contributed by atoms with Crippen LogP contribution in [0.4, 0.5) is 0 Å². The predicted octanol–water partition coefficient (Wildman–Crippen LogP) is 13.8.